The van der Waals surface area contributed by atoms with Gasteiger partial charge in [0.25, 0.3) is 0 Å². The first-order chi connectivity index (χ1) is 14.8. The minimum Gasteiger partial charge on any atom is -0.504 e. The van der Waals surface area contributed by atoms with Crippen molar-refractivity contribution in [2.45, 2.75) is 66.2 Å². The molecule has 0 fully saturated rings. The molecule has 0 saturated carbocycles. The predicted molar refractivity (Wildman–Crippen MR) is 135 cm³/mol. The van der Waals surface area contributed by atoms with Crippen molar-refractivity contribution >= 4 is 11.9 Å². The van der Waals surface area contributed by atoms with E-state index in [0.717, 1.165) is 22.5 Å². The van der Waals surface area contributed by atoms with Gasteiger partial charge in [0.05, 0.1) is 17.6 Å². The summed E-state index contributed by atoms with van der Waals surface area (Å²) in [4.78, 5) is 8.69. The summed E-state index contributed by atoms with van der Waals surface area (Å²) >= 11 is 0. The van der Waals surface area contributed by atoms with Crippen molar-refractivity contribution in [1.29, 1.82) is 0 Å². The van der Waals surface area contributed by atoms with Crippen LogP contribution in [0, 0.1) is 13.8 Å². The Bertz CT molecular complexity index is 1020. The van der Waals surface area contributed by atoms with Gasteiger partial charge in [0.2, 0.25) is 0 Å². The molecule has 0 spiro atoms. The molecule has 0 unspecified atom stereocenters. The van der Waals surface area contributed by atoms with E-state index in [9.17, 15) is 10.2 Å². The van der Waals surface area contributed by atoms with Crippen LogP contribution in [0.15, 0.2) is 59.7 Å². The molecule has 180 valence electrons. The van der Waals surface area contributed by atoms with Crippen LogP contribution in [0.5, 0.6) is 11.5 Å². The molecule has 2 aromatic carbocycles. The number of benzene rings is 2. The number of aromatic nitrogens is 1. The smallest absolute Gasteiger partial charge is 0.161 e. The average molecular weight is 491 g/mol. The van der Waals surface area contributed by atoms with Crippen LogP contribution < -0.4 is 0 Å². The third-order valence-electron chi connectivity index (χ3n) is 5.22. The van der Waals surface area contributed by atoms with Gasteiger partial charge in [-0.15, -0.1) is 0 Å². The maximum Gasteiger partial charge on any atom is 0.161 e. The molecule has 0 aliphatic rings. The summed E-state index contributed by atoms with van der Waals surface area (Å²) in [6.07, 6.45) is 3.57. The van der Waals surface area contributed by atoms with Crippen LogP contribution in [-0.2, 0) is 27.3 Å². The number of phenolic OH excluding ortho intramolecular Hbond substituents is 2. The summed E-state index contributed by atoms with van der Waals surface area (Å²) in [7, 11) is 0. The average Bonchev–Trinajstić information content (AvgIpc) is 2.69. The van der Waals surface area contributed by atoms with Crippen molar-refractivity contribution in [1.82, 2.24) is 4.98 Å². The van der Waals surface area contributed by atoms with Crippen molar-refractivity contribution < 1.29 is 26.7 Å². The number of aryl methyl sites for hydroxylation is 2. The zero-order chi connectivity index (χ0) is 24.1. The van der Waals surface area contributed by atoms with Crippen molar-refractivity contribution in [3.8, 4) is 11.5 Å². The van der Waals surface area contributed by atoms with Crippen molar-refractivity contribution in [2.24, 2.45) is 4.99 Å². The molecule has 0 bridgehead atoms. The van der Waals surface area contributed by atoms with Crippen LogP contribution in [0.25, 0.3) is 0 Å². The number of hydrogen-bond donors (Lipinski definition) is 2. The van der Waals surface area contributed by atoms with Crippen molar-refractivity contribution in [3.05, 3.63) is 82.7 Å². The SMILES string of the molecule is CC(C)(C)c1ccc(C(C)(C)C)c(O)c1O.Cc1cccc(C)c1N=Cc1ccccn1.[Ni]. The van der Waals surface area contributed by atoms with Crippen LogP contribution >= 0.6 is 0 Å². The van der Waals surface area contributed by atoms with Crippen LogP contribution in [-0.4, -0.2) is 21.4 Å². The molecule has 2 N–H and O–H groups in total. The Balaban J connectivity index is 0.000000320. The fourth-order valence-corrected chi connectivity index (χ4v) is 3.38. The molecule has 0 radical (unpaired) electrons. The molecule has 0 aliphatic heterocycles. The quantitative estimate of drug-likeness (QED) is 0.228. The summed E-state index contributed by atoms with van der Waals surface area (Å²) in [5.41, 5.74) is 5.50. The van der Waals surface area contributed by atoms with E-state index in [0.29, 0.717) is 0 Å². The van der Waals surface area contributed by atoms with E-state index in [1.54, 1.807) is 12.4 Å². The number of para-hydroxylation sites is 1. The zero-order valence-corrected chi connectivity index (χ0v) is 21.9. The largest absolute Gasteiger partial charge is 0.504 e. The molecule has 0 amide bonds. The van der Waals surface area contributed by atoms with Gasteiger partial charge in [-0.25, -0.2) is 0 Å². The first-order valence-electron chi connectivity index (χ1n) is 10.9. The molecule has 5 heteroatoms. The number of hydrogen-bond acceptors (Lipinski definition) is 4. The van der Waals surface area contributed by atoms with Crippen LogP contribution in [0.3, 0.4) is 0 Å². The van der Waals surface area contributed by atoms with E-state index in [1.165, 1.54) is 11.1 Å². The van der Waals surface area contributed by atoms with E-state index in [1.807, 2.05) is 77.9 Å². The predicted octanol–water partition coefficient (Wildman–Crippen LogP) is 7.14. The third-order valence-corrected chi connectivity index (χ3v) is 5.22. The second-order valence-corrected chi connectivity index (χ2v) is 10.1. The molecule has 0 aliphatic carbocycles. The van der Waals surface area contributed by atoms with Crippen LogP contribution in [0.1, 0.15) is 69.5 Å². The molecule has 3 rings (SSSR count). The van der Waals surface area contributed by atoms with E-state index in [4.69, 9.17) is 0 Å². The second kappa shape index (κ2) is 11.5. The van der Waals surface area contributed by atoms with E-state index < -0.39 is 0 Å². The summed E-state index contributed by atoms with van der Waals surface area (Å²) in [5, 5.41) is 20.1. The Morgan fingerprint density at radius 3 is 1.61 bits per heavy atom. The molecule has 1 heterocycles. The normalized spacial score (nSPS) is 11.5. The van der Waals surface area contributed by atoms with Crippen molar-refractivity contribution in [2.75, 3.05) is 0 Å². The van der Waals surface area contributed by atoms with Gasteiger partial charge < -0.3 is 10.2 Å². The van der Waals surface area contributed by atoms with Gasteiger partial charge in [0, 0.05) is 33.8 Å². The summed E-state index contributed by atoms with van der Waals surface area (Å²) < 4.78 is 0. The second-order valence-electron chi connectivity index (χ2n) is 10.1. The van der Waals surface area contributed by atoms with Gasteiger partial charge >= 0.3 is 0 Å². The number of pyridine rings is 1. The van der Waals surface area contributed by atoms with Crippen LogP contribution in [0.4, 0.5) is 5.69 Å². The third kappa shape index (κ3) is 7.72. The summed E-state index contributed by atoms with van der Waals surface area (Å²) in [6, 6.07) is 15.8. The monoisotopic (exact) mass is 490 g/mol. The minimum absolute atomic E-state index is 0. The number of phenols is 2. The molecule has 4 nitrogen and oxygen atoms in total. The maximum atomic E-state index is 10.0. The first kappa shape index (κ1) is 28.4. The van der Waals surface area contributed by atoms with E-state index in [-0.39, 0.29) is 38.8 Å². The Labute approximate surface area is 208 Å². The Hall–Kier alpha value is -2.65. The van der Waals surface area contributed by atoms with Gasteiger partial charge in [-0.1, -0.05) is 77.9 Å². The Morgan fingerprint density at radius 2 is 1.21 bits per heavy atom. The molecule has 1 aromatic heterocycles. The first-order valence-corrected chi connectivity index (χ1v) is 10.9. The number of nitrogens with zero attached hydrogens (tertiary/aromatic N) is 2. The molecular formula is C28H36N2NiO2. The topological polar surface area (TPSA) is 65.7 Å². The zero-order valence-electron chi connectivity index (χ0n) is 20.9. The summed E-state index contributed by atoms with van der Waals surface area (Å²) in [6.45, 7) is 16.2. The van der Waals surface area contributed by atoms with Gasteiger partial charge in [-0.3, -0.25) is 9.98 Å². The Kier molecular flexibility index (Phi) is 9.87. The van der Waals surface area contributed by atoms with Gasteiger partial charge in [-0.2, -0.15) is 0 Å². The fourth-order valence-electron chi connectivity index (χ4n) is 3.38. The molecule has 33 heavy (non-hydrogen) atoms. The summed E-state index contributed by atoms with van der Waals surface area (Å²) in [5.74, 6) is 0.0276. The Morgan fingerprint density at radius 1 is 0.727 bits per heavy atom. The standard InChI is InChI=1S/C14H14N2.C14H22O2.Ni/c1-11-6-5-7-12(2)14(11)16-10-13-8-3-4-9-15-13;1-13(2,3)9-7-8-10(14(4,5)6)12(16)11(9)15;/h3-10H,1-2H3;7-8,15-16H,1-6H3;. The fraction of sp³-hybridized carbons (Fsp3) is 0.357. The number of aromatic hydroxyl groups is 2. The van der Waals surface area contributed by atoms with Gasteiger partial charge in [0.1, 0.15) is 0 Å². The molecular weight excluding hydrogens is 455 g/mol. The van der Waals surface area contributed by atoms with Crippen molar-refractivity contribution in [3.63, 3.8) is 0 Å². The molecule has 0 atom stereocenters. The molecule has 3 aromatic rings. The van der Waals surface area contributed by atoms with Crippen LogP contribution in [0.2, 0.25) is 0 Å². The minimum atomic E-state index is -0.169. The number of rotatable bonds is 2. The molecule has 0 saturated heterocycles. The number of aliphatic imine (C=N–C) groups is 1. The van der Waals surface area contributed by atoms with E-state index in [2.05, 4.69) is 36.0 Å². The maximum absolute atomic E-state index is 10.0. The van der Waals surface area contributed by atoms with Gasteiger partial charge in [-0.05, 0) is 47.9 Å². The van der Waals surface area contributed by atoms with E-state index >= 15 is 0 Å². The van der Waals surface area contributed by atoms with Gasteiger partial charge in [0.15, 0.2) is 11.5 Å².